The fourth-order valence-electron chi connectivity index (χ4n) is 1.24. The maximum atomic E-state index is 11.5. The third-order valence-electron chi connectivity index (χ3n) is 1.99. The van der Waals surface area contributed by atoms with Gasteiger partial charge in [-0.2, -0.15) is 0 Å². The lowest BCUT2D eigenvalue weighted by atomic mass is 10.2. The van der Waals surface area contributed by atoms with Gasteiger partial charge in [-0.05, 0) is 6.42 Å². The van der Waals surface area contributed by atoms with Crippen molar-refractivity contribution in [2.24, 2.45) is 7.05 Å². The molecule has 0 radical (unpaired) electrons. The Kier molecular flexibility index (Phi) is 3.62. The first-order chi connectivity index (χ1) is 6.90. The van der Waals surface area contributed by atoms with Crippen LogP contribution in [0.1, 0.15) is 23.5 Å². The van der Waals surface area contributed by atoms with E-state index in [2.05, 4.69) is 4.98 Å². The molecule has 0 aromatic carbocycles. The van der Waals surface area contributed by atoms with Crippen molar-refractivity contribution in [1.29, 1.82) is 0 Å². The van der Waals surface area contributed by atoms with Crippen molar-refractivity contribution < 1.29 is 13.2 Å². The Bertz CT molecular complexity index is 448. The Morgan fingerprint density at radius 3 is 2.67 bits per heavy atom. The van der Waals surface area contributed by atoms with Crippen LogP contribution < -0.4 is 0 Å². The zero-order chi connectivity index (χ0) is 11.5. The van der Waals surface area contributed by atoms with Gasteiger partial charge in [0, 0.05) is 32.1 Å². The van der Waals surface area contributed by atoms with Crippen molar-refractivity contribution in [2.75, 3.05) is 12.0 Å². The molecule has 0 unspecified atom stereocenters. The molecule has 1 aromatic rings. The molecule has 84 valence electrons. The number of ketones is 1. The largest absolute Gasteiger partial charge is 0.332 e. The minimum atomic E-state index is -2.98. The number of hydrogen-bond donors (Lipinski definition) is 0. The molecular weight excluding hydrogens is 216 g/mol. The second-order valence-corrected chi connectivity index (χ2v) is 5.78. The monoisotopic (exact) mass is 230 g/mol. The van der Waals surface area contributed by atoms with Crippen LogP contribution in [0.15, 0.2) is 12.4 Å². The highest BCUT2D eigenvalue weighted by molar-refractivity contribution is 7.90. The van der Waals surface area contributed by atoms with Gasteiger partial charge in [-0.3, -0.25) is 4.79 Å². The maximum Gasteiger partial charge on any atom is 0.198 e. The van der Waals surface area contributed by atoms with Gasteiger partial charge in [0.25, 0.3) is 0 Å². The number of aryl methyl sites for hydroxylation is 1. The summed E-state index contributed by atoms with van der Waals surface area (Å²) < 4.78 is 23.3. The first kappa shape index (κ1) is 11.9. The molecule has 0 atom stereocenters. The lowest BCUT2D eigenvalue weighted by Crippen LogP contribution is -2.10. The molecule has 5 nitrogen and oxygen atoms in total. The van der Waals surface area contributed by atoms with E-state index in [1.807, 2.05) is 0 Å². The van der Waals surface area contributed by atoms with E-state index in [1.54, 1.807) is 24.0 Å². The molecule has 1 heterocycles. The van der Waals surface area contributed by atoms with E-state index in [4.69, 9.17) is 0 Å². The first-order valence-corrected chi connectivity index (χ1v) is 6.64. The van der Waals surface area contributed by atoms with Gasteiger partial charge in [0.15, 0.2) is 11.6 Å². The van der Waals surface area contributed by atoms with Crippen LogP contribution in [0.4, 0.5) is 0 Å². The van der Waals surface area contributed by atoms with Gasteiger partial charge in [-0.1, -0.05) is 0 Å². The number of carbonyl (C=O) groups is 1. The third-order valence-corrected chi connectivity index (χ3v) is 3.02. The normalized spacial score (nSPS) is 11.6. The van der Waals surface area contributed by atoms with Crippen LogP contribution in [0, 0.1) is 0 Å². The van der Waals surface area contributed by atoms with Gasteiger partial charge in [-0.15, -0.1) is 0 Å². The van der Waals surface area contributed by atoms with Crippen molar-refractivity contribution in [3.05, 3.63) is 18.2 Å². The number of nitrogens with zero attached hydrogens (tertiary/aromatic N) is 2. The van der Waals surface area contributed by atoms with Gasteiger partial charge in [-0.25, -0.2) is 13.4 Å². The second kappa shape index (κ2) is 4.57. The van der Waals surface area contributed by atoms with Gasteiger partial charge in [0.2, 0.25) is 0 Å². The lowest BCUT2D eigenvalue weighted by Gasteiger charge is -2.00. The topological polar surface area (TPSA) is 69.0 Å². The van der Waals surface area contributed by atoms with Crippen molar-refractivity contribution in [1.82, 2.24) is 9.55 Å². The Morgan fingerprint density at radius 2 is 2.20 bits per heavy atom. The molecule has 0 saturated carbocycles. The molecule has 0 saturated heterocycles. The molecule has 0 amide bonds. The van der Waals surface area contributed by atoms with Crippen molar-refractivity contribution in [2.45, 2.75) is 12.8 Å². The fraction of sp³-hybridized carbons (Fsp3) is 0.556. The summed E-state index contributed by atoms with van der Waals surface area (Å²) in [5, 5.41) is 0. The average Bonchev–Trinajstić information content (AvgIpc) is 2.48. The first-order valence-electron chi connectivity index (χ1n) is 4.58. The summed E-state index contributed by atoms with van der Waals surface area (Å²) in [4.78, 5) is 15.4. The van der Waals surface area contributed by atoms with Crippen LogP contribution in [-0.4, -0.2) is 35.8 Å². The smallest absolute Gasteiger partial charge is 0.198 e. The molecular formula is C9H14N2O3S. The summed E-state index contributed by atoms with van der Waals surface area (Å²) in [7, 11) is -1.25. The third kappa shape index (κ3) is 3.83. The SMILES string of the molecule is Cn1ccnc1C(=O)CCCS(C)(=O)=O. The van der Waals surface area contributed by atoms with Crippen molar-refractivity contribution in [3.8, 4) is 0 Å². The summed E-state index contributed by atoms with van der Waals surface area (Å²) in [6.45, 7) is 0. The number of imidazole rings is 1. The minimum absolute atomic E-state index is 0.0448. The predicted molar refractivity (Wildman–Crippen MR) is 56.5 cm³/mol. The highest BCUT2D eigenvalue weighted by atomic mass is 32.2. The molecule has 0 aliphatic heterocycles. The zero-order valence-electron chi connectivity index (χ0n) is 8.80. The standard InChI is InChI=1S/C9H14N2O3S/c1-11-6-5-10-9(11)8(12)4-3-7-15(2,13)14/h5-6H,3-4,7H2,1-2H3. The molecule has 6 heteroatoms. The van der Waals surface area contributed by atoms with E-state index in [1.165, 1.54) is 0 Å². The molecule has 0 spiro atoms. The van der Waals surface area contributed by atoms with E-state index in [-0.39, 0.29) is 18.0 Å². The van der Waals surface area contributed by atoms with Crippen molar-refractivity contribution >= 4 is 15.6 Å². The fourth-order valence-corrected chi connectivity index (χ4v) is 1.91. The molecule has 15 heavy (non-hydrogen) atoms. The van der Waals surface area contributed by atoms with Crippen LogP contribution in [0.2, 0.25) is 0 Å². The van der Waals surface area contributed by atoms with Gasteiger partial charge >= 0.3 is 0 Å². The van der Waals surface area contributed by atoms with E-state index in [0.717, 1.165) is 6.26 Å². The molecule has 0 N–H and O–H groups in total. The van der Waals surface area contributed by atoms with E-state index in [9.17, 15) is 13.2 Å². The molecule has 0 bridgehead atoms. The van der Waals surface area contributed by atoms with Gasteiger partial charge in [0.05, 0.1) is 5.75 Å². The van der Waals surface area contributed by atoms with Crippen LogP contribution in [0.25, 0.3) is 0 Å². The number of rotatable bonds is 5. The van der Waals surface area contributed by atoms with E-state index < -0.39 is 9.84 Å². The molecule has 0 fully saturated rings. The minimum Gasteiger partial charge on any atom is -0.332 e. The Morgan fingerprint density at radius 1 is 1.53 bits per heavy atom. The zero-order valence-corrected chi connectivity index (χ0v) is 9.62. The number of hydrogen-bond acceptors (Lipinski definition) is 4. The average molecular weight is 230 g/mol. The Labute approximate surface area is 89.0 Å². The van der Waals surface area contributed by atoms with Crippen LogP contribution in [0.5, 0.6) is 0 Å². The van der Waals surface area contributed by atoms with E-state index in [0.29, 0.717) is 12.2 Å². The van der Waals surface area contributed by atoms with Crippen LogP contribution in [-0.2, 0) is 16.9 Å². The number of carbonyl (C=O) groups excluding carboxylic acids is 1. The Hall–Kier alpha value is -1.17. The molecule has 0 aliphatic rings. The van der Waals surface area contributed by atoms with Crippen LogP contribution in [0.3, 0.4) is 0 Å². The maximum absolute atomic E-state index is 11.5. The number of aromatic nitrogens is 2. The highest BCUT2D eigenvalue weighted by Gasteiger charge is 2.11. The summed E-state index contributed by atoms with van der Waals surface area (Å²) >= 11 is 0. The summed E-state index contributed by atoms with van der Waals surface area (Å²) in [6.07, 6.45) is 4.97. The molecule has 0 aliphatic carbocycles. The molecule has 1 rings (SSSR count). The summed E-state index contributed by atoms with van der Waals surface area (Å²) in [5.74, 6) is 0.304. The van der Waals surface area contributed by atoms with E-state index >= 15 is 0 Å². The number of Topliss-reactive ketones (excluding diaryl/α,β-unsaturated/α-hetero) is 1. The van der Waals surface area contributed by atoms with Gasteiger partial charge < -0.3 is 4.57 Å². The number of sulfone groups is 1. The van der Waals surface area contributed by atoms with Gasteiger partial charge in [0.1, 0.15) is 9.84 Å². The lowest BCUT2D eigenvalue weighted by molar-refractivity contribution is 0.0969. The second-order valence-electron chi connectivity index (χ2n) is 3.52. The van der Waals surface area contributed by atoms with Crippen LogP contribution >= 0.6 is 0 Å². The quantitative estimate of drug-likeness (QED) is 0.688. The highest BCUT2D eigenvalue weighted by Crippen LogP contribution is 2.03. The van der Waals surface area contributed by atoms with Crippen molar-refractivity contribution in [3.63, 3.8) is 0 Å². The summed E-state index contributed by atoms with van der Waals surface area (Å²) in [6, 6.07) is 0. The predicted octanol–water partition coefficient (Wildman–Crippen LogP) is 0.428. The summed E-state index contributed by atoms with van der Waals surface area (Å²) in [5.41, 5.74) is 0. The molecule has 1 aromatic heterocycles. The Balaban J connectivity index is 2.48.